The van der Waals surface area contributed by atoms with Gasteiger partial charge < -0.3 is 4.42 Å². The summed E-state index contributed by atoms with van der Waals surface area (Å²) in [6.45, 7) is 3.90. The molecular formula is C17H15NO. The monoisotopic (exact) mass is 249 g/mol. The van der Waals surface area contributed by atoms with Gasteiger partial charge in [-0.05, 0) is 31.4 Å². The van der Waals surface area contributed by atoms with E-state index in [2.05, 4.69) is 23.2 Å². The minimum atomic E-state index is 0.904. The molecule has 0 unspecified atom stereocenters. The highest BCUT2D eigenvalue weighted by atomic mass is 16.3. The molecule has 0 spiro atoms. The molecule has 1 aromatic heterocycles. The van der Waals surface area contributed by atoms with Crippen molar-refractivity contribution in [3.63, 3.8) is 0 Å². The first kappa shape index (κ1) is 11.7. The molecule has 94 valence electrons. The Kier molecular flexibility index (Phi) is 2.92. The average molecular weight is 249 g/mol. The van der Waals surface area contributed by atoms with Crippen LogP contribution in [-0.2, 0) is 0 Å². The molecule has 0 aliphatic rings. The van der Waals surface area contributed by atoms with E-state index in [1.165, 1.54) is 10.8 Å². The summed E-state index contributed by atoms with van der Waals surface area (Å²) >= 11 is 0. The summed E-state index contributed by atoms with van der Waals surface area (Å²) in [7, 11) is 0. The topological polar surface area (TPSA) is 25.5 Å². The number of fused-ring (bicyclic) bond motifs is 1. The molecule has 0 amide bonds. The SMILES string of the molecule is Cc1cc(C=Nc2cccc3ccccc23)c(C)o1. The van der Waals surface area contributed by atoms with E-state index in [0.29, 0.717) is 0 Å². The van der Waals surface area contributed by atoms with Crippen LogP contribution in [0.2, 0.25) is 0 Å². The Balaban J connectivity index is 2.04. The Labute approximate surface area is 112 Å². The fourth-order valence-corrected chi connectivity index (χ4v) is 2.24. The van der Waals surface area contributed by atoms with Gasteiger partial charge in [0, 0.05) is 17.2 Å². The fraction of sp³-hybridized carbons (Fsp3) is 0.118. The number of nitrogens with zero attached hydrogens (tertiary/aromatic N) is 1. The molecule has 3 rings (SSSR count). The summed E-state index contributed by atoms with van der Waals surface area (Å²) in [5.74, 6) is 1.82. The van der Waals surface area contributed by atoms with Crippen LogP contribution in [0.1, 0.15) is 17.1 Å². The quantitative estimate of drug-likeness (QED) is 0.599. The number of aryl methyl sites for hydroxylation is 2. The van der Waals surface area contributed by atoms with Crippen molar-refractivity contribution in [3.8, 4) is 0 Å². The van der Waals surface area contributed by atoms with E-state index >= 15 is 0 Å². The molecule has 2 aromatic carbocycles. The number of aliphatic imine (C=N–C) groups is 1. The lowest BCUT2D eigenvalue weighted by Crippen LogP contribution is -1.80. The van der Waals surface area contributed by atoms with E-state index in [4.69, 9.17) is 4.42 Å². The van der Waals surface area contributed by atoms with E-state index in [1.54, 1.807) is 0 Å². The highest BCUT2D eigenvalue weighted by Crippen LogP contribution is 2.25. The second-order valence-electron chi connectivity index (χ2n) is 4.63. The van der Waals surface area contributed by atoms with Crippen molar-refractivity contribution in [2.75, 3.05) is 0 Å². The Bertz CT molecular complexity index is 748. The van der Waals surface area contributed by atoms with Gasteiger partial charge in [-0.2, -0.15) is 0 Å². The Morgan fingerprint density at radius 1 is 1.00 bits per heavy atom. The summed E-state index contributed by atoms with van der Waals surface area (Å²) in [5, 5.41) is 2.37. The molecule has 19 heavy (non-hydrogen) atoms. The summed E-state index contributed by atoms with van der Waals surface area (Å²) in [6, 6.07) is 16.4. The van der Waals surface area contributed by atoms with Gasteiger partial charge in [0.15, 0.2) is 0 Å². The minimum absolute atomic E-state index is 0.904. The number of benzene rings is 2. The molecule has 0 aliphatic carbocycles. The van der Waals surface area contributed by atoms with Gasteiger partial charge in [0.25, 0.3) is 0 Å². The smallest absolute Gasteiger partial charge is 0.109 e. The Morgan fingerprint density at radius 2 is 1.79 bits per heavy atom. The molecule has 3 aromatic rings. The number of hydrogen-bond acceptors (Lipinski definition) is 2. The van der Waals surface area contributed by atoms with Crippen molar-refractivity contribution in [2.45, 2.75) is 13.8 Å². The van der Waals surface area contributed by atoms with Crippen molar-refractivity contribution in [1.82, 2.24) is 0 Å². The Hall–Kier alpha value is -2.35. The molecule has 0 radical (unpaired) electrons. The normalized spacial score (nSPS) is 11.5. The second kappa shape index (κ2) is 4.73. The van der Waals surface area contributed by atoms with Crippen molar-refractivity contribution >= 4 is 22.7 Å². The zero-order valence-corrected chi connectivity index (χ0v) is 11.1. The van der Waals surface area contributed by atoms with Crippen LogP contribution in [0.4, 0.5) is 5.69 Å². The second-order valence-corrected chi connectivity index (χ2v) is 4.63. The summed E-state index contributed by atoms with van der Waals surface area (Å²) in [4.78, 5) is 4.59. The van der Waals surface area contributed by atoms with Gasteiger partial charge >= 0.3 is 0 Å². The van der Waals surface area contributed by atoms with Gasteiger partial charge in [-0.3, -0.25) is 4.99 Å². The van der Waals surface area contributed by atoms with E-state index in [0.717, 1.165) is 22.8 Å². The van der Waals surface area contributed by atoms with Crippen LogP contribution in [-0.4, -0.2) is 6.21 Å². The maximum absolute atomic E-state index is 5.50. The number of hydrogen-bond donors (Lipinski definition) is 0. The lowest BCUT2D eigenvalue weighted by molar-refractivity contribution is 0.504. The van der Waals surface area contributed by atoms with E-state index in [-0.39, 0.29) is 0 Å². The maximum Gasteiger partial charge on any atom is 0.109 e. The van der Waals surface area contributed by atoms with Crippen LogP contribution in [0.15, 0.2) is 57.9 Å². The van der Waals surface area contributed by atoms with Crippen LogP contribution in [0.5, 0.6) is 0 Å². The summed E-state index contributed by atoms with van der Waals surface area (Å²) in [5.41, 5.74) is 2.02. The predicted octanol–water partition coefficient (Wildman–Crippen LogP) is 4.80. The molecule has 1 heterocycles. The lowest BCUT2D eigenvalue weighted by Gasteiger charge is -2.00. The van der Waals surface area contributed by atoms with Crippen molar-refractivity contribution in [3.05, 3.63) is 65.6 Å². The standard InChI is InChI=1S/C17H15NO/c1-12-10-15(13(2)19-12)11-18-17-9-5-7-14-6-3-4-8-16(14)17/h3-11H,1-2H3. The molecule has 0 N–H and O–H groups in total. The van der Waals surface area contributed by atoms with Gasteiger partial charge in [-0.15, -0.1) is 0 Å². The van der Waals surface area contributed by atoms with Gasteiger partial charge in [0.05, 0.1) is 5.69 Å². The number of furan rings is 1. The van der Waals surface area contributed by atoms with Crippen molar-refractivity contribution in [2.24, 2.45) is 4.99 Å². The van der Waals surface area contributed by atoms with Crippen LogP contribution < -0.4 is 0 Å². The summed E-state index contributed by atoms with van der Waals surface area (Å²) in [6.07, 6.45) is 1.87. The zero-order valence-electron chi connectivity index (χ0n) is 11.1. The third-order valence-electron chi connectivity index (χ3n) is 3.19. The third-order valence-corrected chi connectivity index (χ3v) is 3.19. The van der Waals surface area contributed by atoms with Gasteiger partial charge in [0.2, 0.25) is 0 Å². The highest BCUT2D eigenvalue weighted by Gasteiger charge is 2.02. The molecule has 0 aliphatic heterocycles. The van der Waals surface area contributed by atoms with E-state index < -0.39 is 0 Å². The van der Waals surface area contributed by atoms with Crippen LogP contribution in [0.25, 0.3) is 10.8 Å². The minimum Gasteiger partial charge on any atom is -0.466 e. The molecule has 0 fully saturated rings. The van der Waals surface area contributed by atoms with E-state index in [9.17, 15) is 0 Å². The molecule has 2 nitrogen and oxygen atoms in total. The molecule has 0 bridgehead atoms. The molecular weight excluding hydrogens is 234 g/mol. The molecule has 0 saturated heterocycles. The maximum atomic E-state index is 5.50. The zero-order chi connectivity index (χ0) is 13.2. The Morgan fingerprint density at radius 3 is 2.58 bits per heavy atom. The van der Waals surface area contributed by atoms with Crippen LogP contribution in [0, 0.1) is 13.8 Å². The molecule has 2 heteroatoms. The molecule has 0 saturated carbocycles. The first-order chi connectivity index (χ1) is 9.24. The van der Waals surface area contributed by atoms with Gasteiger partial charge in [-0.25, -0.2) is 0 Å². The molecule has 0 atom stereocenters. The first-order valence-corrected chi connectivity index (χ1v) is 6.33. The van der Waals surface area contributed by atoms with Gasteiger partial charge in [0.1, 0.15) is 11.5 Å². The number of rotatable bonds is 2. The van der Waals surface area contributed by atoms with Crippen molar-refractivity contribution < 1.29 is 4.42 Å². The van der Waals surface area contributed by atoms with Crippen molar-refractivity contribution in [1.29, 1.82) is 0 Å². The van der Waals surface area contributed by atoms with Gasteiger partial charge in [-0.1, -0.05) is 36.4 Å². The highest BCUT2D eigenvalue weighted by molar-refractivity contribution is 5.95. The van der Waals surface area contributed by atoms with Crippen LogP contribution in [0.3, 0.4) is 0 Å². The average Bonchev–Trinajstić information content (AvgIpc) is 2.74. The fourth-order valence-electron chi connectivity index (χ4n) is 2.24. The summed E-state index contributed by atoms with van der Waals surface area (Å²) < 4.78 is 5.50. The largest absolute Gasteiger partial charge is 0.466 e. The first-order valence-electron chi connectivity index (χ1n) is 6.33. The lowest BCUT2D eigenvalue weighted by atomic mass is 10.1. The third kappa shape index (κ3) is 2.29. The van der Waals surface area contributed by atoms with E-state index in [1.807, 2.05) is 50.4 Å². The predicted molar refractivity (Wildman–Crippen MR) is 79.4 cm³/mol. The van der Waals surface area contributed by atoms with Crippen LogP contribution >= 0.6 is 0 Å².